The fourth-order valence-electron chi connectivity index (χ4n) is 2.35. The summed E-state index contributed by atoms with van der Waals surface area (Å²) in [6, 6.07) is 2.87. The van der Waals surface area contributed by atoms with Gasteiger partial charge in [0.15, 0.2) is 0 Å². The summed E-state index contributed by atoms with van der Waals surface area (Å²) in [4.78, 5) is 22.5. The van der Waals surface area contributed by atoms with Gasteiger partial charge in [0.1, 0.15) is 0 Å². The highest BCUT2D eigenvalue weighted by Crippen LogP contribution is 2.33. The van der Waals surface area contributed by atoms with Crippen LogP contribution >= 0.6 is 0 Å². The van der Waals surface area contributed by atoms with E-state index in [1.165, 1.54) is 18.3 Å². The molecule has 0 radical (unpaired) electrons. The molecule has 0 aliphatic heterocycles. The molecule has 86 valence electrons. The van der Waals surface area contributed by atoms with Gasteiger partial charge in [-0.15, -0.1) is 0 Å². The minimum atomic E-state index is -0.986. The molecule has 1 aliphatic carbocycles. The van der Waals surface area contributed by atoms with Crippen molar-refractivity contribution < 1.29 is 9.90 Å². The summed E-state index contributed by atoms with van der Waals surface area (Å²) in [5.41, 5.74) is 0.0725. The maximum absolute atomic E-state index is 11.7. The molecule has 4 nitrogen and oxygen atoms in total. The zero-order valence-corrected chi connectivity index (χ0v) is 9.22. The monoisotopic (exact) mass is 221 g/mol. The number of nitrogens with zero attached hydrogens (tertiary/aromatic N) is 1. The van der Waals surface area contributed by atoms with Crippen LogP contribution < -0.4 is 5.56 Å². The van der Waals surface area contributed by atoms with Gasteiger partial charge in [0.05, 0.1) is 5.56 Å². The van der Waals surface area contributed by atoms with E-state index in [2.05, 4.69) is 6.92 Å². The van der Waals surface area contributed by atoms with Crippen molar-refractivity contribution in [3.05, 3.63) is 34.2 Å². The zero-order valence-electron chi connectivity index (χ0n) is 9.22. The van der Waals surface area contributed by atoms with E-state index in [0.29, 0.717) is 5.92 Å². The van der Waals surface area contributed by atoms with Crippen molar-refractivity contribution in [1.29, 1.82) is 0 Å². The lowest BCUT2D eigenvalue weighted by Gasteiger charge is -2.14. The van der Waals surface area contributed by atoms with Crippen molar-refractivity contribution in [3.8, 4) is 0 Å². The third-order valence-electron chi connectivity index (χ3n) is 3.25. The van der Waals surface area contributed by atoms with Gasteiger partial charge in [-0.1, -0.05) is 6.92 Å². The molecule has 1 aromatic heterocycles. The molecule has 2 rings (SSSR count). The van der Waals surface area contributed by atoms with Crippen LogP contribution in [0.5, 0.6) is 0 Å². The smallest absolute Gasteiger partial charge is 0.337 e. The lowest BCUT2D eigenvalue weighted by molar-refractivity contribution is 0.0695. The molecule has 0 saturated heterocycles. The second-order valence-corrected chi connectivity index (χ2v) is 4.54. The largest absolute Gasteiger partial charge is 0.478 e. The molecule has 1 fully saturated rings. The van der Waals surface area contributed by atoms with E-state index in [1.54, 1.807) is 4.57 Å². The first-order chi connectivity index (χ1) is 7.58. The third kappa shape index (κ3) is 2.01. The van der Waals surface area contributed by atoms with Crippen LogP contribution in [0.15, 0.2) is 23.1 Å². The summed E-state index contributed by atoms with van der Waals surface area (Å²) in [6.45, 7) is 2.16. The van der Waals surface area contributed by atoms with Gasteiger partial charge < -0.3 is 9.67 Å². The van der Waals surface area contributed by atoms with Gasteiger partial charge in [0.2, 0.25) is 0 Å². The average molecular weight is 221 g/mol. The van der Waals surface area contributed by atoms with Crippen molar-refractivity contribution in [2.75, 3.05) is 0 Å². The van der Waals surface area contributed by atoms with Crippen molar-refractivity contribution in [1.82, 2.24) is 4.57 Å². The summed E-state index contributed by atoms with van der Waals surface area (Å²) < 4.78 is 1.58. The van der Waals surface area contributed by atoms with Crippen LogP contribution in [-0.2, 0) is 0 Å². The quantitative estimate of drug-likeness (QED) is 0.829. The summed E-state index contributed by atoms with van der Waals surface area (Å²) in [7, 11) is 0. The fourth-order valence-corrected chi connectivity index (χ4v) is 2.35. The van der Waals surface area contributed by atoms with Crippen LogP contribution in [0.1, 0.15) is 42.6 Å². The highest BCUT2D eigenvalue weighted by molar-refractivity contribution is 5.87. The molecule has 0 bridgehead atoms. The predicted octanol–water partition coefficient (Wildman–Crippen LogP) is 1.91. The first-order valence-corrected chi connectivity index (χ1v) is 5.53. The lowest BCUT2D eigenvalue weighted by Crippen LogP contribution is -2.23. The Balaban J connectivity index is 2.36. The van der Waals surface area contributed by atoms with E-state index >= 15 is 0 Å². The Morgan fingerprint density at radius 3 is 2.75 bits per heavy atom. The van der Waals surface area contributed by atoms with Crippen LogP contribution in [-0.4, -0.2) is 15.6 Å². The van der Waals surface area contributed by atoms with Crippen molar-refractivity contribution in [2.45, 2.75) is 32.2 Å². The normalized spacial score (nSPS) is 24.6. The van der Waals surface area contributed by atoms with Crippen LogP contribution in [0, 0.1) is 5.92 Å². The number of carbonyl (C=O) groups is 1. The van der Waals surface area contributed by atoms with Crippen molar-refractivity contribution in [3.63, 3.8) is 0 Å². The molecular formula is C12H15NO3. The Bertz CT molecular complexity index is 464. The van der Waals surface area contributed by atoms with Crippen molar-refractivity contribution >= 4 is 5.97 Å². The Labute approximate surface area is 93.5 Å². The second kappa shape index (κ2) is 4.12. The summed E-state index contributed by atoms with van der Waals surface area (Å²) in [6.07, 6.45) is 4.49. The van der Waals surface area contributed by atoms with Crippen LogP contribution in [0.25, 0.3) is 0 Å². The van der Waals surface area contributed by atoms with E-state index in [0.717, 1.165) is 19.3 Å². The van der Waals surface area contributed by atoms with Crippen molar-refractivity contribution in [2.24, 2.45) is 5.92 Å². The first kappa shape index (κ1) is 10.9. The Morgan fingerprint density at radius 2 is 2.19 bits per heavy atom. The molecular weight excluding hydrogens is 206 g/mol. The molecule has 16 heavy (non-hydrogen) atoms. The summed E-state index contributed by atoms with van der Waals surface area (Å²) in [5, 5.41) is 8.88. The molecule has 0 aromatic carbocycles. The van der Waals surface area contributed by atoms with Gasteiger partial charge in [-0.2, -0.15) is 0 Å². The minimum absolute atomic E-state index is 0.107. The summed E-state index contributed by atoms with van der Waals surface area (Å²) in [5.74, 6) is -0.370. The Kier molecular flexibility index (Phi) is 2.81. The first-order valence-electron chi connectivity index (χ1n) is 5.53. The number of hydrogen-bond donors (Lipinski definition) is 1. The number of carboxylic acid groups (broad SMARTS) is 1. The molecule has 2 unspecified atom stereocenters. The molecule has 1 saturated carbocycles. The molecule has 1 aliphatic rings. The van der Waals surface area contributed by atoms with Crippen LogP contribution in [0.4, 0.5) is 0 Å². The lowest BCUT2D eigenvalue weighted by atomic mass is 10.1. The molecule has 1 heterocycles. The van der Waals surface area contributed by atoms with E-state index in [4.69, 9.17) is 5.11 Å². The van der Waals surface area contributed by atoms with E-state index in [9.17, 15) is 9.59 Å². The highest BCUT2D eigenvalue weighted by Gasteiger charge is 2.23. The van der Waals surface area contributed by atoms with Crippen LogP contribution in [0.2, 0.25) is 0 Å². The average Bonchev–Trinajstić information content (AvgIpc) is 2.65. The fraction of sp³-hybridized carbons (Fsp3) is 0.500. The number of aromatic carboxylic acids is 1. The van der Waals surface area contributed by atoms with Gasteiger partial charge >= 0.3 is 5.97 Å². The number of aromatic nitrogens is 1. The van der Waals surface area contributed by atoms with E-state index in [1.807, 2.05) is 0 Å². The zero-order chi connectivity index (χ0) is 11.7. The summed E-state index contributed by atoms with van der Waals surface area (Å²) >= 11 is 0. The van der Waals surface area contributed by atoms with Gasteiger partial charge in [-0.3, -0.25) is 4.79 Å². The molecule has 4 heteroatoms. The minimum Gasteiger partial charge on any atom is -0.478 e. The third-order valence-corrected chi connectivity index (χ3v) is 3.25. The Morgan fingerprint density at radius 1 is 1.44 bits per heavy atom. The Hall–Kier alpha value is -1.58. The van der Waals surface area contributed by atoms with Gasteiger partial charge in [0, 0.05) is 18.3 Å². The van der Waals surface area contributed by atoms with Gasteiger partial charge in [-0.05, 0) is 31.2 Å². The molecule has 1 N–H and O–H groups in total. The van der Waals surface area contributed by atoms with E-state index < -0.39 is 5.97 Å². The number of rotatable bonds is 2. The number of pyridine rings is 1. The SMILES string of the molecule is CC1CCC(n2cc(C(=O)O)ccc2=O)C1. The molecule has 2 atom stereocenters. The van der Waals surface area contributed by atoms with Crippen LogP contribution in [0.3, 0.4) is 0 Å². The molecule has 1 aromatic rings. The highest BCUT2D eigenvalue weighted by atomic mass is 16.4. The molecule has 0 spiro atoms. The number of carboxylic acids is 1. The standard InChI is InChI=1S/C12H15NO3/c1-8-2-4-10(6-8)13-7-9(12(15)16)3-5-11(13)14/h3,5,7-8,10H,2,4,6H2,1H3,(H,15,16). The topological polar surface area (TPSA) is 59.3 Å². The maximum atomic E-state index is 11.7. The van der Waals surface area contributed by atoms with Gasteiger partial charge in [-0.25, -0.2) is 4.79 Å². The number of hydrogen-bond acceptors (Lipinski definition) is 2. The van der Waals surface area contributed by atoms with Gasteiger partial charge in [0.25, 0.3) is 5.56 Å². The van der Waals surface area contributed by atoms with E-state index in [-0.39, 0.29) is 17.2 Å². The predicted molar refractivity (Wildman–Crippen MR) is 59.7 cm³/mol. The molecule has 0 amide bonds. The maximum Gasteiger partial charge on any atom is 0.337 e. The second-order valence-electron chi connectivity index (χ2n) is 4.54.